The molecule has 0 spiro atoms. The number of hydrogen-bond acceptors (Lipinski definition) is 6. The van der Waals surface area contributed by atoms with E-state index in [1.54, 1.807) is 34.6 Å². The molecular weight excluding hydrogens is 296 g/mol. The quantitative estimate of drug-likeness (QED) is 0.757. The lowest BCUT2D eigenvalue weighted by molar-refractivity contribution is 0.312. The van der Waals surface area contributed by atoms with E-state index in [0.717, 1.165) is 12.4 Å². The van der Waals surface area contributed by atoms with Crippen LogP contribution in [0.5, 0.6) is 0 Å². The molecule has 22 heavy (non-hydrogen) atoms. The summed E-state index contributed by atoms with van der Waals surface area (Å²) in [5.41, 5.74) is 1.30. The van der Waals surface area contributed by atoms with Gasteiger partial charge in [-0.15, -0.1) is 0 Å². The fourth-order valence-corrected chi connectivity index (χ4v) is 2.93. The molecule has 3 rings (SSSR count). The first-order chi connectivity index (χ1) is 10.7. The monoisotopic (exact) mass is 314 g/mol. The van der Waals surface area contributed by atoms with Gasteiger partial charge in [0.25, 0.3) is 0 Å². The summed E-state index contributed by atoms with van der Waals surface area (Å²) < 4.78 is 1.69. The van der Waals surface area contributed by atoms with Crippen LogP contribution in [0.1, 0.15) is 11.6 Å². The molecule has 1 atom stereocenters. The van der Waals surface area contributed by atoms with E-state index in [-0.39, 0.29) is 0 Å². The summed E-state index contributed by atoms with van der Waals surface area (Å²) in [6, 6.07) is 4.31. The summed E-state index contributed by atoms with van der Waals surface area (Å²) in [5.74, 6) is 1.45. The van der Waals surface area contributed by atoms with Crippen LogP contribution in [0.15, 0.2) is 47.7 Å². The largest absolute Gasteiger partial charge is 0.367 e. The smallest absolute Gasteiger partial charge is 0.173 e. The summed E-state index contributed by atoms with van der Waals surface area (Å²) in [7, 11) is 4.16. The Labute approximate surface area is 133 Å². The second-order valence-electron chi connectivity index (χ2n) is 5.13. The molecule has 0 aliphatic heterocycles. The van der Waals surface area contributed by atoms with Crippen molar-refractivity contribution in [2.45, 2.75) is 6.04 Å². The Balaban J connectivity index is 1.72. The zero-order valence-electron chi connectivity index (χ0n) is 12.5. The Morgan fingerprint density at radius 3 is 2.95 bits per heavy atom. The van der Waals surface area contributed by atoms with Crippen molar-refractivity contribution in [3.63, 3.8) is 0 Å². The number of rotatable bonds is 6. The van der Waals surface area contributed by atoms with Crippen molar-refractivity contribution in [3.8, 4) is 5.82 Å². The number of thiophene rings is 1. The van der Waals surface area contributed by atoms with Crippen molar-refractivity contribution in [1.82, 2.24) is 24.6 Å². The Hall–Kier alpha value is -2.25. The van der Waals surface area contributed by atoms with Gasteiger partial charge >= 0.3 is 0 Å². The van der Waals surface area contributed by atoms with Crippen LogP contribution in [0.4, 0.5) is 5.82 Å². The third-order valence-electron chi connectivity index (χ3n) is 3.39. The van der Waals surface area contributed by atoms with Crippen LogP contribution in [0.3, 0.4) is 0 Å². The van der Waals surface area contributed by atoms with Crippen molar-refractivity contribution in [1.29, 1.82) is 0 Å². The van der Waals surface area contributed by atoms with Gasteiger partial charge in [-0.2, -0.15) is 16.4 Å². The van der Waals surface area contributed by atoms with Gasteiger partial charge in [0.15, 0.2) is 5.82 Å². The van der Waals surface area contributed by atoms with E-state index in [1.807, 2.05) is 12.3 Å². The standard InChI is InChI=1S/C15H18N6S/c1-20(2)13(12-4-7-22-11-12)8-17-14-9-16-10-15(19-14)21-6-3-5-18-21/h3-7,9-11,13H,8H2,1-2H3,(H,17,19)/t13-/m0/s1. The summed E-state index contributed by atoms with van der Waals surface area (Å²) in [5, 5.41) is 11.8. The first kappa shape index (κ1) is 14.7. The van der Waals surface area contributed by atoms with Crippen LogP contribution >= 0.6 is 11.3 Å². The van der Waals surface area contributed by atoms with Crippen LogP contribution in [-0.4, -0.2) is 45.3 Å². The molecule has 1 N–H and O–H groups in total. The molecule has 0 saturated carbocycles. The summed E-state index contributed by atoms with van der Waals surface area (Å²) in [6.45, 7) is 0.765. The Kier molecular flexibility index (Phi) is 4.45. The predicted octanol–water partition coefficient (Wildman–Crippen LogP) is 2.44. The number of nitrogens with zero attached hydrogens (tertiary/aromatic N) is 5. The van der Waals surface area contributed by atoms with Crippen molar-refractivity contribution in [2.75, 3.05) is 26.0 Å². The highest BCUT2D eigenvalue weighted by Crippen LogP contribution is 2.21. The molecule has 114 valence electrons. The molecule has 3 aromatic heterocycles. The molecule has 0 bridgehead atoms. The Morgan fingerprint density at radius 2 is 2.27 bits per heavy atom. The molecule has 0 aliphatic carbocycles. The third kappa shape index (κ3) is 3.32. The molecule has 0 amide bonds. The van der Waals surface area contributed by atoms with Crippen LogP contribution in [-0.2, 0) is 0 Å². The predicted molar refractivity (Wildman–Crippen MR) is 88.4 cm³/mol. The molecule has 0 aromatic carbocycles. The van der Waals surface area contributed by atoms with Crippen LogP contribution in [0, 0.1) is 0 Å². The van der Waals surface area contributed by atoms with Crippen molar-refractivity contribution in [2.24, 2.45) is 0 Å². The average molecular weight is 314 g/mol. The summed E-state index contributed by atoms with van der Waals surface area (Å²) >= 11 is 1.71. The topological polar surface area (TPSA) is 58.9 Å². The van der Waals surface area contributed by atoms with E-state index in [9.17, 15) is 0 Å². The van der Waals surface area contributed by atoms with Gasteiger partial charge in [0, 0.05) is 18.9 Å². The Morgan fingerprint density at radius 1 is 1.36 bits per heavy atom. The number of aromatic nitrogens is 4. The third-order valence-corrected chi connectivity index (χ3v) is 4.09. The molecule has 0 aliphatic rings. The van der Waals surface area contributed by atoms with Gasteiger partial charge in [-0.25, -0.2) is 9.67 Å². The molecule has 0 saturated heterocycles. The maximum absolute atomic E-state index is 4.54. The van der Waals surface area contributed by atoms with E-state index in [1.165, 1.54) is 5.56 Å². The van der Waals surface area contributed by atoms with Gasteiger partial charge in [0.2, 0.25) is 0 Å². The van der Waals surface area contributed by atoms with Crippen molar-refractivity contribution >= 4 is 17.2 Å². The van der Waals surface area contributed by atoms with Gasteiger partial charge in [-0.3, -0.25) is 4.98 Å². The summed E-state index contributed by atoms with van der Waals surface area (Å²) in [4.78, 5) is 11.0. The van der Waals surface area contributed by atoms with Crippen LogP contribution < -0.4 is 5.32 Å². The number of likely N-dealkylation sites (N-methyl/N-ethyl adjacent to an activating group) is 1. The minimum Gasteiger partial charge on any atom is -0.367 e. The van der Waals surface area contributed by atoms with Gasteiger partial charge in [-0.1, -0.05) is 0 Å². The maximum Gasteiger partial charge on any atom is 0.173 e. The van der Waals surface area contributed by atoms with Gasteiger partial charge in [0.1, 0.15) is 5.82 Å². The minimum absolute atomic E-state index is 0.293. The molecule has 0 radical (unpaired) electrons. The molecule has 3 heterocycles. The first-order valence-electron chi connectivity index (χ1n) is 6.98. The zero-order valence-corrected chi connectivity index (χ0v) is 13.4. The maximum atomic E-state index is 4.54. The van der Waals surface area contributed by atoms with E-state index in [4.69, 9.17) is 0 Å². The number of anilines is 1. The van der Waals surface area contributed by atoms with E-state index in [0.29, 0.717) is 11.9 Å². The van der Waals surface area contributed by atoms with Crippen molar-refractivity contribution < 1.29 is 0 Å². The fourth-order valence-electron chi connectivity index (χ4n) is 2.22. The lowest BCUT2D eigenvalue weighted by atomic mass is 10.1. The van der Waals surface area contributed by atoms with Crippen molar-refractivity contribution in [3.05, 3.63) is 53.2 Å². The molecule has 0 unspecified atom stereocenters. The van der Waals surface area contributed by atoms with Crippen LogP contribution in [0.2, 0.25) is 0 Å². The second kappa shape index (κ2) is 6.67. The van der Waals surface area contributed by atoms with Crippen LogP contribution in [0.25, 0.3) is 5.82 Å². The van der Waals surface area contributed by atoms with E-state index < -0.39 is 0 Å². The molecule has 7 heteroatoms. The normalized spacial score (nSPS) is 12.5. The second-order valence-corrected chi connectivity index (χ2v) is 5.91. The van der Waals surface area contributed by atoms with Gasteiger partial charge in [-0.05, 0) is 42.6 Å². The zero-order chi connectivity index (χ0) is 15.4. The lowest BCUT2D eigenvalue weighted by Gasteiger charge is -2.24. The van der Waals surface area contributed by atoms with Gasteiger partial charge < -0.3 is 10.2 Å². The highest BCUT2D eigenvalue weighted by atomic mass is 32.1. The highest BCUT2D eigenvalue weighted by Gasteiger charge is 2.14. The average Bonchev–Trinajstić information content (AvgIpc) is 3.21. The van der Waals surface area contributed by atoms with Gasteiger partial charge in [0.05, 0.1) is 18.4 Å². The Bertz CT molecular complexity index is 693. The highest BCUT2D eigenvalue weighted by molar-refractivity contribution is 7.07. The lowest BCUT2D eigenvalue weighted by Crippen LogP contribution is -2.26. The SMILES string of the molecule is CN(C)[C@@H](CNc1cncc(-n2cccn2)n1)c1ccsc1. The molecule has 0 fully saturated rings. The summed E-state index contributed by atoms with van der Waals surface area (Å²) in [6.07, 6.45) is 7.00. The molecule has 3 aromatic rings. The first-order valence-corrected chi connectivity index (χ1v) is 7.93. The molecular formula is C15H18N6S. The molecule has 6 nitrogen and oxygen atoms in total. The number of hydrogen-bond donors (Lipinski definition) is 1. The fraction of sp³-hybridized carbons (Fsp3) is 0.267. The number of nitrogens with one attached hydrogen (secondary N) is 1. The minimum atomic E-state index is 0.293. The van der Waals surface area contributed by atoms with E-state index in [2.05, 4.69) is 56.2 Å². The van der Waals surface area contributed by atoms with E-state index >= 15 is 0 Å².